The fourth-order valence-corrected chi connectivity index (χ4v) is 5.59. The van der Waals surface area contributed by atoms with Gasteiger partial charge in [0.2, 0.25) is 5.91 Å². The van der Waals surface area contributed by atoms with Gasteiger partial charge in [-0.2, -0.15) is 0 Å². The highest BCUT2D eigenvalue weighted by Crippen LogP contribution is 2.28. The number of likely N-dealkylation sites (tertiary alicyclic amines) is 1. The third-order valence-corrected chi connectivity index (χ3v) is 7.83. The fourth-order valence-electron chi connectivity index (χ4n) is 5.59. The Morgan fingerprint density at radius 3 is 2.48 bits per heavy atom. The van der Waals surface area contributed by atoms with Crippen molar-refractivity contribution in [3.63, 3.8) is 0 Å². The minimum atomic E-state index is -0.438. The molecule has 3 N–H and O–H groups in total. The van der Waals surface area contributed by atoms with E-state index in [0.717, 1.165) is 67.0 Å². The van der Waals surface area contributed by atoms with Gasteiger partial charge in [0.05, 0.1) is 12.2 Å². The summed E-state index contributed by atoms with van der Waals surface area (Å²) in [6, 6.07) is 23.5. The largest absolute Gasteiger partial charge is 0.446 e. The summed E-state index contributed by atoms with van der Waals surface area (Å²) in [5.74, 6) is -0.0287. The minimum absolute atomic E-state index is 0.0527. The first-order chi connectivity index (χ1) is 20.4. The fraction of sp³-hybridized carbons (Fsp3) is 0.364. The van der Waals surface area contributed by atoms with Crippen LogP contribution in [-0.2, 0) is 16.1 Å². The molecule has 2 fully saturated rings. The highest BCUT2D eigenvalue weighted by Gasteiger charge is 2.23. The number of piperidine rings is 1. The molecule has 0 atom stereocenters. The number of hydrogen-bond acceptors (Lipinski definition) is 6. The predicted octanol–water partition coefficient (Wildman–Crippen LogP) is 4.04. The average molecular weight is 570 g/mol. The van der Waals surface area contributed by atoms with Gasteiger partial charge in [0.15, 0.2) is 0 Å². The molecule has 0 aliphatic carbocycles. The minimum Gasteiger partial charge on any atom is -0.446 e. The first-order valence-corrected chi connectivity index (χ1v) is 14.7. The third kappa shape index (κ3) is 7.96. The molecule has 3 amide bonds. The van der Waals surface area contributed by atoms with Crippen molar-refractivity contribution >= 4 is 23.6 Å². The summed E-state index contributed by atoms with van der Waals surface area (Å²) in [4.78, 5) is 41.5. The van der Waals surface area contributed by atoms with Crippen LogP contribution in [0.15, 0.2) is 72.8 Å². The van der Waals surface area contributed by atoms with E-state index in [1.54, 1.807) is 0 Å². The summed E-state index contributed by atoms with van der Waals surface area (Å²) >= 11 is 0. The standard InChI is InChI=1S/C33H39N5O4/c1-24-21-25(22-38-20-15-34-31(39)23-38)11-12-28(24)32(40)35-16-19-37-17-13-27(14-18-37)42-33(41)36-30-10-6-5-9-29(30)26-7-3-2-4-8-26/h2-12,21,27H,13-20,22-23H2,1H3,(H,34,39)(H,35,40)(H,36,41). The van der Waals surface area contributed by atoms with Crippen LogP contribution in [0.2, 0.25) is 0 Å². The van der Waals surface area contributed by atoms with E-state index in [0.29, 0.717) is 31.7 Å². The number of carbonyl (C=O) groups is 3. The van der Waals surface area contributed by atoms with Crippen molar-refractivity contribution in [2.45, 2.75) is 32.4 Å². The van der Waals surface area contributed by atoms with Crippen LogP contribution in [0.25, 0.3) is 11.1 Å². The second-order valence-electron chi connectivity index (χ2n) is 10.9. The van der Waals surface area contributed by atoms with E-state index >= 15 is 0 Å². The van der Waals surface area contributed by atoms with Gasteiger partial charge in [-0.05, 0) is 48.6 Å². The molecule has 5 rings (SSSR count). The quantitative estimate of drug-likeness (QED) is 0.360. The summed E-state index contributed by atoms with van der Waals surface area (Å²) in [5, 5.41) is 8.80. The van der Waals surface area contributed by atoms with E-state index in [1.807, 2.05) is 79.7 Å². The Morgan fingerprint density at radius 2 is 1.71 bits per heavy atom. The van der Waals surface area contributed by atoms with Gasteiger partial charge < -0.3 is 20.3 Å². The second kappa shape index (κ2) is 14.1. The van der Waals surface area contributed by atoms with E-state index in [2.05, 4.69) is 25.8 Å². The highest BCUT2D eigenvalue weighted by molar-refractivity contribution is 5.95. The van der Waals surface area contributed by atoms with Crippen LogP contribution in [-0.4, -0.2) is 79.6 Å². The van der Waals surface area contributed by atoms with Crippen LogP contribution >= 0.6 is 0 Å². The van der Waals surface area contributed by atoms with Crippen molar-refractivity contribution in [2.24, 2.45) is 0 Å². The number of rotatable bonds is 9. The van der Waals surface area contributed by atoms with E-state index in [4.69, 9.17) is 4.74 Å². The maximum atomic E-state index is 12.8. The van der Waals surface area contributed by atoms with Crippen molar-refractivity contribution < 1.29 is 19.1 Å². The van der Waals surface area contributed by atoms with E-state index in [1.165, 1.54) is 0 Å². The third-order valence-electron chi connectivity index (χ3n) is 7.83. The molecule has 2 saturated heterocycles. The molecule has 3 aromatic carbocycles. The Labute approximate surface area is 247 Å². The molecule has 220 valence electrons. The number of aryl methyl sites for hydroxylation is 1. The number of amides is 3. The molecular formula is C33H39N5O4. The molecule has 2 aliphatic rings. The van der Waals surface area contributed by atoms with Gasteiger partial charge in [-0.15, -0.1) is 0 Å². The lowest BCUT2D eigenvalue weighted by Crippen LogP contribution is -2.47. The van der Waals surface area contributed by atoms with Gasteiger partial charge in [0.25, 0.3) is 5.91 Å². The summed E-state index contributed by atoms with van der Waals surface area (Å²) in [6.45, 7) is 7.43. The van der Waals surface area contributed by atoms with Crippen LogP contribution in [0, 0.1) is 6.92 Å². The molecule has 0 unspecified atom stereocenters. The lowest BCUT2D eigenvalue weighted by atomic mass is 10.0. The van der Waals surface area contributed by atoms with Gasteiger partial charge in [-0.1, -0.05) is 60.7 Å². The number of ether oxygens (including phenoxy) is 1. The van der Waals surface area contributed by atoms with Crippen molar-refractivity contribution in [3.8, 4) is 11.1 Å². The van der Waals surface area contributed by atoms with Crippen LogP contribution in [0.5, 0.6) is 0 Å². The zero-order valence-corrected chi connectivity index (χ0v) is 24.1. The maximum absolute atomic E-state index is 12.8. The molecule has 42 heavy (non-hydrogen) atoms. The molecule has 0 bridgehead atoms. The molecular weight excluding hydrogens is 530 g/mol. The number of hydrogen-bond donors (Lipinski definition) is 3. The molecule has 3 aromatic rings. The highest BCUT2D eigenvalue weighted by atomic mass is 16.6. The topological polar surface area (TPSA) is 103 Å². The second-order valence-corrected chi connectivity index (χ2v) is 10.9. The Bertz CT molecular complexity index is 1390. The maximum Gasteiger partial charge on any atom is 0.411 e. The number of para-hydroxylation sites is 1. The molecule has 0 saturated carbocycles. The molecule has 2 heterocycles. The van der Waals surface area contributed by atoms with Gasteiger partial charge in [-0.25, -0.2) is 4.79 Å². The van der Waals surface area contributed by atoms with Crippen molar-refractivity contribution in [1.29, 1.82) is 0 Å². The van der Waals surface area contributed by atoms with E-state index in [-0.39, 0.29) is 17.9 Å². The number of anilines is 1. The molecule has 9 nitrogen and oxygen atoms in total. The smallest absolute Gasteiger partial charge is 0.411 e. The monoisotopic (exact) mass is 569 g/mol. The Hall–Kier alpha value is -4.21. The molecule has 9 heteroatoms. The summed E-state index contributed by atoms with van der Waals surface area (Å²) in [6.07, 6.45) is 0.925. The summed E-state index contributed by atoms with van der Waals surface area (Å²) in [5.41, 5.74) is 5.40. The number of piperazine rings is 1. The van der Waals surface area contributed by atoms with E-state index < -0.39 is 6.09 Å². The lowest BCUT2D eigenvalue weighted by molar-refractivity contribution is -0.124. The van der Waals surface area contributed by atoms with Gasteiger partial charge in [0, 0.05) is 56.9 Å². The number of nitrogens with zero attached hydrogens (tertiary/aromatic N) is 2. The molecule has 0 spiro atoms. The van der Waals surface area contributed by atoms with Crippen LogP contribution in [0.4, 0.5) is 10.5 Å². The van der Waals surface area contributed by atoms with Crippen LogP contribution < -0.4 is 16.0 Å². The normalized spacial score (nSPS) is 16.5. The molecule has 2 aliphatic heterocycles. The lowest BCUT2D eigenvalue weighted by Gasteiger charge is -2.31. The van der Waals surface area contributed by atoms with Gasteiger partial charge >= 0.3 is 6.09 Å². The van der Waals surface area contributed by atoms with Gasteiger partial charge in [0.1, 0.15) is 6.10 Å². The Morgan fingerprint density at radius 1 is 0.952 bits per heavy atom. The Balaban J connectivity index is 1.02. The first kappa shape index (κ1) is 29.3. The van der Waals surface area contributed by atoms with Crippen LogP contribution in [0.1, 0.15) is 34.3 Å². The first-order valence-electron chi connectivity index (χ1n) is 14.7. The van der Waals surface area contributed by atoms with Crippen molar-refractivity contribution in [1.82, 2.24) is 20.4 Å². The number of benzene rings is 3. The Kier molecular flexibility index (Phi) is 9.84. The number of nitrogens with one attached hydrogen (secondary N) is 3. The van der Waals surface area contributed by atoms with Crippen molar-refractivity contribution in [2.75, 3.05) is 51.1 Å². The summed E-state index contributed by atoms with van der Waals surface area (Å²) in [7, 11) is 0. The van der Waals surface area contributed by atoms with Gasteiger partial charge in [-0.3, -0.25) is 19.8 Å². The number of carbonyl (C=O) groups excluding carboxylic acids is 3. The zero-order chi connectivity index (χ0) is 29.3. The average Bonchev–Trinajstić information content (AvgIpc) is 2.99. The molecule has 0 aromatic heterocycles. The SMILES string of the molecule is Cc1cc(CN2CCNC(=O)C2)ccc1C(=O)NCCN1CCC(OC(=O)Nc2ccccc2-c2ccccc2)CC1. The van der Waals surface area contributed by atoms with Crippen molar-refractivity contribution in [3.05, 3.63) is 89.5 Å². The van der Waals surface area contributed by atoms with Crippen LogP contribution in [0.3, 0.4) is 0 Å². The predicted molar refractivity (Wildman–Crippen MR) is 163 cm³/mol. The molecule has 0 radical (unpaired) electrons. The van der Waals surface area contributed by atoms with E-state index in [9.17, 15) is 14.4 Å². The summed E-state index contributed by atoms with van der Waals surface area (Å²) < 4.78 is 5.74. The zero-order valence-electron chi connectivity index (χ0n) is 24.1.